The van der Waals surface area contributed by atoms with Crippen LogP contribution in [0.5, 0.6) is 11.6 Å². The summed E-state index contributed by atoms with van der Waals surface area (Å²) >= 11 is 0. The first kappa shape index (κ1) is 14.1. The van der Waals surface area contributed by atoms with Crippen molar-refractivity contribution in [1.29, 1.82) is 0 Å². The van der Waals surface area contributed by atoms with Crippen LogP contribution in [-0.2, 0) is 6.54 Å². The summed E-state index contributed by atoms with van der Waals surface area (Å²) in [7, 11) is 0. The highest BCUT2D eigenvalue weighted by atomic mass is 19.1. The molecule has 106 valence electrons. The minimum Gasteiger partial charge on any atom is -0.503 e. The number of aliphatic hydroxyl groups excluding tert-OH is 1. The van der Waals surface area contributed by atoms with Gasteiger partial charge in [-0.15, -0.1) is 0 Å². The third-order valence-electron chi connectivity index (χ3n) is 3.06. The topological polar surface area (TPSA) is 82.7 Å². The second-order valence-electron chi connectivity index (χ2n) is 4.36. The Morgan fingerprint density at radius 2 is 2.00 bits per heavy atom. The molecule has 1 heterocycles. The fourth-order valence-electron chi connectivity index (χ4n) is 2.07. The molecule has 0 aliphatic heterocycles. The Balaban J connectivity index is 2.83. The van der Waals surface area contributed by atoms with Gasteiger partial charge < -0.3 is 19.9 Å². The van der Waals surface area contributed by atoms with Gasteiger partial charge in [0.2, 0.25) is 5.43 Å². The Morgan fingerprint density at radius 1 is 1.30 bits per heavy atom. The van der Waals surface area contributed by atoms with Crippen molar-refractivity contribution in [2.75, 3.05) is 6.61 Å². The highest BCUT2D eigenvalue weighted by Gasteiger charge is 2.20. The smallest absolute Gasteiger partial charge is 0.230 e. The molecule has 6 heteroatoms. The molecular weight excluding hydrogens is 265 g/mol. The van der Waals surface area contributed by atoms with Gasteiger partial charge >= 0.3 is 0 Å². The molecule has 0 bridgehead atoms. The summed E-state index contributed by atoms with van der Waals surface area (Å²) in [6.45, 7) is 1.02. The highest BCUT2D eigenvalue weighted by molar-refractivity contribution is 5.68. The number of hydrogen-bond donors (Lipinski definition) is 3. The van der Waals surface area contributed by atoms with Crippen LogP contribution >= 0.6 is 0 Å². The van der Waals surface area contributed by atoms with E-state index < -0.39 is 17.0 Å². The van der Waals surface area contributed by atoms with E-state index in [9.17, 15) is 19.4 Å². The summed E-state index contributed by atoms with van der Waals surface area (Å²) in [5, 5.41) is 29.1. The number of pyridine rings is 1. The average molecular weight is 279 g/mol. The summed E-state index contributed by atoms with van der Waals surface area (Å²) < 4.78 is 14.5. The monoisotopic (exact) mass is 279 g/mol. The molecule has 5 nitrogen and oxygen atoms in total. The van der Waals surface area contributed by atoms with Gasteiger partial charge in [0, 0.05) is 12.1 Å². The maximum absolute atomic E-state index is 13.3. The summed E-state index contributed by atoms with van der Waals surface area (Å²) in [5.41, 5.74) is -0.540. The van der Waals surface area contributed by atoms with E-state index in [1.165, 1.54) is 29.7 Å². The van der Waals surface area contributed by atoms with Crippen molar-refractivity contribution in [3.8, 4) is 22.9 Å². The first-order chi connectivity index (χ1) is 9.47. The number of benzene rings is 1. The van der Waals surface area contributed by atoms with E-state index in [-0.39, 0.29) is 35.9 Å². The van der Waals surface area contributed by atoms with Crippen molar-refractivity contribution in [2.45, 2.75) is 13.5 Å². The van der Waals surface area contributed by atoms with Gasteiger partial charge in [0.25, 0.3) is 0 Å². The van der Waals surface area contributed by atoms with Crippen molar-refractivity contribution < 1.29 is 19.7 Å². The Labute approximate surface area is 114 Å². The molecule has 0 amide bonds. The molecule has 0 aliphatic carbocycles. The van der Waals surface area contributed by atoms with E-state index in [1.54, 1.807) is 0 Å². The second-order valence-corrected chi connectivity index (χ2v) is 4.36. The number of aliphatic hydroxyl groups is 1. The molecule has 2 aromatic rings. The van der Waals surface area contributed by atoms with Gasteiger partial charge in [-0.2, -0.15) is 0 Å². The number of halogens is 1. The zero-order valence-electron chi connectivity index (χ0n) is 10.8. The molecule has 0 radical (unpaired) electrons. The lowest BCUT2D eigenvalue weighted by Crippen LogP contribution is -2.16. The molecule has 0 saturated carbocycles. The summed E-state index contributed by atoms with van der Waals surface area (Å²) in [6.07, 6.45) is 0. The largest absolute Gasteiger partial charge is 0.503 e. The number of hydrogen-bond acceptors (Lipinski definition) is 4. The fraction of sp³-hybridized carbons (Fsp3) is 0.214. The predicted octanol–water partition coefficient (Wildman–Crippen LogP) is 1.37. The lowest BCUT2D eigenvalue weighted by atomic mass is 10.1. The van der Waals surface area contributed by atoms with Crippen LogP contribution in [0.25, 0.3) is 11.3 Å². The van der Waals surface area contributed by atoms with Gasteiger partial charge in [0.05, 0.1) is 17.9 Å². The molecule has 0 unspecified atom stereocenters. The van der Waals surface area contributed by atoms with E-state index >= 15 is 0 Å². The predicted molar refractivity (Wildman–Crippen MR) is 71.2 cm³/mol. The van der Waals surface area contributed by atoms with Crippen LogP contribution in [0.1, 0.15) is 5.56 Å². The van der Waals surface area contributed by atoms with Crippen LogP contribution in [0.4, 0.5) is 4.39 Å². The van der Waals surface area contributed by atoms with Crippen LogP contribution in [0.3, 0.4) is 0 Å². The van der Waals surface area contributed by atoms with Crippen molar-refractivity contribution in [1.82, 2.24) is 4.57 Å². The Bertz CT molecular complexity index is 709. The lowest BCUT2D eigenvalue weighted by molar-refractivity contribution is 0.265. The van der Waals surface area contributed by atoms with Crippen molar-refractivity contribution in [3.05, 3.63) is 45.9 Å². The number of aromatic nitrogens is 1. The van der Waals surface area contributed by atoms with E-state index in [0.29, 0.717) is 0 Å². The molecule has 0 spiro atoms. The second kappa shape index (κ2) is 5.34. The van der Waals surface area contributed by atoms with Gasteiger partial charge in [-0.25, -0.2) is 4.39 Å². The average Bonchev–Trinajstić information content (AvgIpc) is 2.43. The number of rotatable bonds is 3. The molecular formula is C14H14FNO4. The normalized spacial score (nSPS) is 10.8. The molecule has 1 aromatic carbocycles. The molecule has 0 atom stereocenters. The third kappa shape index (κ3) is 2.25. The van der Waals surface area contributed by atoms with Gasteiger partial charge in [-0.1, -0.05) is 12.1 Å². The maximum Gasteiger partial charge on any atom is 0.230 e. The minimum atomic E-state index is -0.726. The quantitative estimate of drug-likeness (QED) is 0.792. The molecule has 20 heavy (non-hydrogen) atoms. The van der Waals surface area contributed by atoms with E-state index in [2.05, 4.69) is 0 Å². The van der Waals surface area contributed by atoms with Crippen LogP contribution in [-0.4, -0.2) is 26.5 Å². The van der Waals surface area contributed by atoms with Crippen molar-refractivity contribution in [2.24, 2.45) is 0 Å². The molecule has 0 fully saturated rings. The van der Waals surface area contributed by atoms with Crippen LogP contribution in [0.15, 0.2) is 29.1 Å². The van der Waals surface area contributed by atoms with E-state index in [4.69, 9.17) is 5.11 Å². The minimum absolute atomic E-state index is 0.0216. The Kier molecular flexibility index (Phi) is 3.76. The fourth-order valence-corrected chi connectivity index (χ4v) is 2.07. The van der Waals surface area contributed by atoms with E-state index in [1.807, 2.05) is 0 Å². The maximum atomic E-state index is 13.3. The van der Waals surface area contributed by atoms with Gasteiger partial charge in [0.1, 0.15) is 5.82 Å². The first-order valence-corrected chi connectivity index (χ1v) is 5.99. The zero-order valence-corrected chi connectivity index (χ0v) is 10.8. The molecule has 2 rings (SSSR count). The van der Waals surface area contributed by atoms with Crippen LogP contribution in [0, 0.1) is 12.7 Å². The number of aromatic hydroxyl groups is 2. The van der Waals surface area contributed by atoms with Gasteiger partial charge in [-0.05, 0) is 19.1 Å². The first-order valence-electron chi connectivity index (χ1n) is 5.99. The van der Waals surface area contributed by atoms with Gasteiger partial charge in [-0.3, -0.25) is 4.79 Å². The van der Waals surface area contributed by atoms with E-state index in [0.717, 1.165) is 6.07 Å². The standard InChI is InChI=1S/C14H14FNO4/c1-8-12(18)13(19)11(16(5-6-17)14(8)20)9-3-2-4-10(15)7-9/h2-4,7,17,19-20H,5-6H2,1H3. The SMILES string of the molecule is Cc1c(O)n(CCO)c(-c2cccc(F)c2)c(O)c1=O. The summed E-state index contributed by atoms with van der Waals surface area (Å²) in [5.74, 6) is -1.48. The molecule has 0 aliphatic rings. The zero-order chi connectivity index (χ0) is 14.9. The highest BCUT2D eigenvalue weighted by Crippen LogP contribution is 2.31. The Hall–Kier alpha value is -2.34. The van der Waals surface area contributed by atoms with Crippen LogP contribution < -0.4 is 5.43 Å². The summed E-state index contributed by atoms with van der Waals surface area (Å²) in [4.78, 5) is 11.8. The Morgan fingerprint density at radius 3 is 2.60 bits per heavy atom. The summed E-state index contributed by atoms with van der Waals surface area (Å²) in [6, 6.07) is 5.29. The lowest BCUT2D eigenvalue weighted by Gasteiger charge is -2.17. The van der Waals surface area contributed by atoms with Crippen LogP contribution in [0.2, 0.25) is 0 Å². The molecule has 1 aromatic heterocycles. The van der Waals surface area contributed by atoms with Crippen molar-refractivity contribution >= 4 is 0 Å². The van der Waals surface area contributed by atoms with Gasteiger partial charge in [0.15, 0.2) is 11.6 Å². The molecule has 3 N–H and O–H groups in total. The third-order valence-corrected chi connectivity index (χ3v) is 3.06. The molecule has 0 saturated heterocycles. The number of nitrogens with zero attached hydrogens (tertiary/aromatic N) is 1. The van der Waals surface area contributed by atoms with Crippen molar-refractivity contribution in [3.63, 3.8) is 0 Å².